The number of carbonyl (C=O) groups is 2. The topological polar surface area (TPSA) is 89.9 Å². The Bertz CT molecular complexity index is 309. The van der Waals surface area contributed by atoms with Gasteiger partial charge in [0.05, 0.1) is 0 Å². The van der Waals surface area contributed by atoms with Gasteiger partial charge in [0, 0.05) is 20.0 Å². The van der Waals surface area contributed by atoms with Crippen molar-refractivity contribution in [2.75, 3.05) is 26.2 Å². The number of β-amino-alcohol motifs (C(OH)–C–C–N with tert-alkyl or cyclic N) is 1. The zero-order valence-electron chi connectivity index (χ0n) is 11.0. The smallest absolute Gasteiger partial charge is 0.336 e. The molecule has 0 aromatic rings. The van der Waals surface area contributed by atoms with Crippen LogP contribution in [0, 0.1) is 5.92 Å². The Kier molecular flexibility index (Phi) is 5.10. The first kappa shape index (κ1) is 14.9. The highest BCUT2D eigenvalue weighted by molar-refractivity contribution is 5.76. The summed E-state index contributed by atoms with van der Waals surface area (Å²) in [5.41, 5.74) is -1.69. The van der Waals surface area contributed by atoms with Crippen molar-refractivity contribution >= 4 is 11.9 Å². The lowest BCUT2D eigenvalue weighted by Gasteiger charge is -2.35. The molecule has 1 aliphatic rings. The van der Waals surface area contributed by atoms with Crippen molar-refractivity contribution < 1.29 is 19.8 Å². The number of rotatable bonds is 5. The van der Waals surface area contributed by atoms with E-state index in [1.165, 1.54) is 13.8 Å². The summed E-state index contributed by atoms with van der Waals surface area (Å²) in [6.45, 7) is 5.16. The van der Waals surface area contributed by atoms with Crippen LogP contribution in [0.3, 0.4) is 0 Å². The van der Waals surface area contributed by atoms with Gasteiger partial charge in [-0.3, -0.25) is 9.69 Å². The Morgan fingerprint density at radius 2 is 1.94 bits per heavy atom. The molecule has 1 rings (SSSR count). The van der Waals surface area contributed by atoms with Crippen molar-refractivity contribution in [3.8, 4) is 0 Å². The van der Waals surface area contributed by atoms with E-state index in [1.807, 2.05) is 4.90 Å². The van der Waals surface area contributed by atoms with Crippen LogP contribution in [0.1, 0.15) is 26.7 Å². The van der Waals surface area contributed by atoms with Gasteiger partial charge in [-0.2, -0.15) is 0 Å². The molecule has 0 aliphatic carbocycles. The van der Waals surface area contributed by atoms with Gasteiger partial charge in [-0.1, -0.05) is 0 Å². The lowest BCUT2D eigenvalue weighted by atomic mass is 9.95. The summed E-state index contributed by atoms with van der Waals surface area (Å²) < 4.78 is 0. The van der Waals surface area contributed by atoms with E-state index in [4.69, 9.17) is 5.11 Å². The molecular weight excluding hydrogens is 236 g/mol. The van der Waals surface area contributed by atoms with Crippen molar-refractivity contribution in [2.45, 2.75) is 32.3 Å². The molecule has 1 heterocycles. The van der Waals surface area contributed by atoms with E-state index in [2.05, 4.69) is 5.32 Å². The molecule has 1 atom stereocenters. The molecule has 0 bridgehead atoms. The zero-order chi connectivity index (χ0) is 13.8. The monoisotopic (exact) mass is 258 g/mol. The van der Waals surface area contributed by atoms with Gasteiger partial charge < -0.3 is 15.5 Å². The lowest BCUT2D eigenvalue weighted by Crippen LogP contribution is -2.49. The summed E-state index contributed by atoms with van der Waals surface area (Å²) in [7, 11) is 0. The molecule has 1 amide bonds. The number of amides is 1. The average molecular weight is 258 g/mol. The van der Waals surface area contributed by atoms with Gasteiger partial charge in [-0.25, -0.2) is 4.79 Å². The molecule has 104 valence electrons. The third-order valence-corrected chi connectivity index (χ3v) is 3.34. The lowest BCUT2D eigenvalue weighted by molar-refractivity contribution is -0.158. The number of nitrogens with one attached hydrogen (secondary N) is 1. The predicted molar refractivity (Wildman–Crippen MR) is 66.1 cm³/mol. The first-order chi connectivity index (χ1) is 8.31. The molecule has 1 saturated heterocycles. The second-order valence-corrected chi connectivity index (χ2v) is 5.24. The number of nitrogens with zero attached hydrogens (tertiary/aromatic N) is 1. The molecule has 1 fully saturated rings. The summed E-state index contributed by atoms with van der Waals surface area (Å²) in [4.78, 5) is 23.6. The van der Waals surface area contributed by atoms with Crippen molar-refractivity contribution in [1.82, 2.24) is 10.2 Å². The molecule has 6 heteroatoms. The fraction of sp³-hybridized carbons (Fsp3) is 0.833. The van der Waals surface area contributed by atoms with Gasteiger partial charge in [0.15, 0.2) is 5.60 Å². The first-order valence-corrected chi connectivity index (χ1v) is 6.24. The van der Waals surface area contributed by atoms with Gasteiger partial charge in [0.25, 0.3) is 0 Å². The number of carbonyl (C=O) groups excluding carboxylic acids is 1. The first-order valence-electron chi connectivity index (χ1n) is 6.24. The van der Waals surface area contributed by atoms with Crippen molar-refractivity contribution in [2.24, 2.45) is 5.92 Å². The molecule has 0 saturated carbocycles. The minimum atomic E-state index is -1.69. The zero-order valence-corrected chi connectivity index (χ0v) is 11.0. The van der Waals surface area contributed by atoms with Crippen LogP contribution < -0.4 is 5.32 Å². The van der Waals surface area contributed by atoms with E-state index >= 15 is 0 Å². The fourth-order valence-corrected chi connectivity index (χ4v) is 2.14. The molecule has 18 heavy (non-hydrogen) atoms. The molecule has 0 aromatic carbocycles. The normalized spacial score (nSPS) is 21.3. The van der Waals surface area contributed by atoms with E-state index in [0.717, 1.165) is 25.9 Å². The number of aliphatic carboxylic acids is 1. The number of likely N-dealkylation sites (tertiary alicyclic amines) is 1. The molecule has 1 aliphatic heterocycles. The molecule has 0 spiro atoms. The van der Waals surface area contributed by atoms with Gasteiger partial charge in [-0.05, 0) is 38.8 Å². The summed E-state index contributed by atoms with van der Waals surface area (Å²) >= 11 is 0. The van der Waals surface area contributed by atoms with Crippen LogP contribution >= 0.6 is 0 Å². The predicted octanol–water partition coefficient (Wildman–Crippen LogP) is -0.330. The van der Waals surface area contributed by atoms with Crippen molar-refractivity contribution in [3.63, 3.8) is 0 Å². The Labute approximate surface area is 107 Å². The minimum absolute atomic E-state index is 0.0220. The van der Waals surface area contributed by atoms with E-state index in [-0.39, 0.29) is 12.5 Å². The van der Waals surface area contributed by atoms with Crippen molar-refractivity contribution in [3.05, 3.63) is 0 Å². The Morgan fingerprint density at radius 3 is 2.39 bits per heavy atom. The number of carboxylic acids is 1. The van der Waals surface area contributed by atoms with Gasteiger partial charge in [-0.15, -0.1) is 0 Å². The van der Waals surface area contributed by atoms with Crippen LogP contribution in [-0.4, -0.2) is 58.8 Å². The number of aliphatic hydroxyl groups is 1. The molecule has 3 N–H and O–H groups in total. The summed E-state index contributed by atoms with van der Waals surface area (Å²) in [6.07, 6.45) is 1.83. The minimum Gasteiger partial charge on any atom is -0.479 e. The van der Waals surface area contributed by atoms with Crippen LogP contribution in [0.2, 0.25) is 0 Å². The molecule has 6 nitrogen and oxygen atoms in total. The maximum absolute atomic E-state index is 10.8. The SMILES string of the molecule is CC(=O)NCC1CCN(CC(C)(O)C(=O)O)CC1. The van der Waals surface area contributed by atoms with E-state index in [0.29, 0.717) is 12.5 Å². The average Bonchev–Trinajstić information content (AvgIpc) is 2.27. The highest BCUT2D eigenvalue weighted by Crippen LogP contribution is 2.18. The maximum atomic E-state index is 10.8. The Balaban J connectivity index is 2.31. The second-order valence-electron chi connectivity index (χ2n) is 5.24. The Morgan fingerprint density at radius 1 is 1.39 bits per heavy atom. The largest absolute Gasteiger partial charge is 0.479 e. The standard InChI is InChI=1S/C12H22N2O4/c1-9(15)13-7-10-3-5-14(6-4-10)8-12(2,18)11(16)17/h10,18H,3-8H2,1-2H3,(H,13,15)(H,16,17). The highest BCUT2D eigenvalue weighted by Gasteiger charge is 2.33. The number of piperidine rings is 1. The summed E-state index contributed by atoms with van der Waals surface area (Å²) in [5.74, 6) is -0.769. The third-order valence-electron chi connectivity index (χ3n) is 3.34. The number of carboxylic acid groups (broad SMARTS) is 1. The molecule has 0 aromatic heterocycles. The quantitative estimate of drug-likeness (QED) is 0.628. The van der Waals surface area contributed by atoms with Crippen LogP contribution in [0.5, 0.6) is 0 Å². The van der Waals surface area contributed by atoms with E-state index in [9.17, 15) is 14.7 Å². The van der Waals surface area contributed by atoms with Crippen LogP contribution in [0.15, 0.2) is 0 Å². The maximum Gasteiger partial charge on any atom is 0.336 e. The fourth-order valence-electron chi connectivity index (χ4n) is 2.14. The van der Waals surface area contributed by atoms with Gasteiger partial charge >= 0.3 is 5.97 Å². The molecular formula is C12H22N2O4. The summed E-state index contributed by atoms with van der Waals surface area (Å²) in [6, 6.07) is 0. The summed E-state index contributed by atoms with van der Waals surface area (Å²) in [5, 5.41) is 21.3. The van der Waals surface area contributed by atoms with E-state index < -0.39 is 11.6 Å². The third kappa shape index (κ3) is 4.62. The van der Waals surface area contributed by atoms with Gasteiger partial charge in [0.2, 0.25) is 5.91 Å². The highest BCUT2D eigenvalue weighted by atomic mass is 16.4. The van der Waals surface area contributed by atoms with Gasteiger partial charge in [0.1, 0.15) is 0 Å². The van der Waals surface area contributed by atoms with Crippen LogP contribution in [0.4, 0.5) is 0 Å². The second kappa shape index (κ2) is 6.15. The van der Waals surface area contributed by atoms with Crippen LogP contribution in [0.25, 0.3) is 0 Å². The molecule has 1 unspecified atom stereocenters. The Hall–Kier alpha value is -1.14. The number of hydrogen-bond acceptors (Lipinski definition) is 4. The van der Waals surface area contributed by atoms with E-state index in [1.54, 1.807) is 0 Å². The van der Waals surface area contributed by atoms with Crippen LogP contribution in [-0.2, 0) is 9.59 Å². The molecule has 0 radical (unpaired) electrons. The number of hydrogen-bond donors (Lipinski definition) is 3. The van der Waals surface area contributed by atoms with Crippen molar-refractivity contribution in [1.29, 1.82) is 0 Å².